The summed E-state index contributed by atoms with van der Waals surface area (Å²) in [4.78, 5) is 16.4. The third kappa shape index (κ3) is 2.64. The van der Waals surface area contributed by atoms with Gasteiger partial charge in [-0.25, -0.2) is 0 Å². The summed E-state index contributed by atoms with van der Waals surface area (Å²) in [6, 6.07) is 7.72. The molecule has 4 heteroatoms. The molecule has 1 amide bonds. The minimum absolute atomic E-state index is 0.00778. The van der Waals surface area contributed by atoms with E-state index in [4.69, 9.17) is 5.73 Å². The van der Waals surface area contributed by atoms with E-state index in [-0.39, 0.29) is 5.91 Å². The normalized spacial score (nSPS) is 20.0. The maximum Gasteiger partial charge on any atom is 0.255 e. The molecule has 0 bridgehead atoms. The number of para-hydroxylation sites is 1. The molecule has 0 aromatic heterocycles. The second-order valence-corrected chi connectivity index (χ2v) is 5.05. The number of likely N-dealkylation sites (N-methyl/N-ethyl adjacent to an activating group) is 2. The van der Waals surface area contributed by atoms with E-state index in [1.54, 1.807) is 17.0 Å². The third-order valence-corrected chi connectivity index (χ3v) is 3.69. The van der Waals surface area contributed by atoms with Crippen molar-refractivity contribution >= 4 is 11.6 Å². The lowest BCUT2D eigenvalue weighted by Crippen LogP contribution is -2.39. The maximum absolute atomic E-state index is 12.3. The predicted molar refractivity (Wildman–Crippen MR) is 73.5 cm³/mol. The second-order valence-electron chi connectivity index (χ2n) is 5.05. The van der Waals surface area contributed by atoms with Gasteiger partial charge >= 0.3 is 0 Å². The molecular formula is C14H21N3O. The fraction of sp³-hybridized carbons (Fsp3) is 0.500. The summed E-state index contributed by atoms with van der Waals surface area (Å²) in [5.41, 5.74) is 6.98. The highest BCUT2D eigenvalue weighted by molar-refractivity contribution is 5.98. The van der Waals surface area contributed by atoms with E-state index in [1.165, 1.54) is 12.8 Å². The summed E-state index contributed by atoms with van der Waals surface area (Å²) in [6.07, 6.45) is 2.38. The van der Waals surface area contributed by atoms with Gasteiger partial charge in [-0.3, -0.25) is 4.79 Å². The third-order valence-electron chi connectivity index (χ3n) is 3.69. The number of rotatable bonds is 3. The van der Waals surface area contributed by atoms with Crippen molar-refractivity contribution in [3.05, 3.63) is 29.8 Å². The Bertz CT molecular complexity index is 433. The monoisotopic (exact) mass is 247 g/mol. The Morgan fingerprint density at radius 3 is 2.83 bits per heavy atom. The highest BCUT2D eigenvalue weighted by atomic mass is 16.2. The van der Waals surface area contributed by atoms with Gasteiger partial charge < -0.3 is 15.5 Å². The van der Waals surface area contributed by atoms with Gasteiger partial charge in [-0.1, -0.05) is 12.1 Å². The zero-order chi connectivity index (χ0) is 13.1. The standard InChI is InChI=1S/C14H21N3O/c1-16-9-5-6-11(16)10-17(2)14(18)12-7-3-4-8-13(12)15/h3-4,7-8,11H,5-6,9-10,15H2,1-2H3. The van der Waals surface area contributed by atoms with Gasteiger partial charge in [-0.15, -0.1) is 0 Å². The lowest BCUT2D eigenvalue weighted by atomic mass is 10.1. The molecule has 0 radical (unpaired) electrons. The van der Waals surface area contributed by atoms with Crippen LogP contribution in [-0.2, 0) is 0 Å². The number of hydrogen-bond acceptors (Lipinski definition) is 3. The number of carbonyl (C=O) groups is 1. The molecule has 1 unspecified atom stereocenters. The zero-order valence-corrected chi connectivity index (χ0v) is 11.1. The average molecular weight is 247 g/mol. The van der Waals surface area contributed by atoms with Crippen LogP contribution in [0.5, 0.6) is 0 Å². The Balaban J connectivity index is 2.03. The Kier molecular flexibility index (Phi) is 3.87. The van der Waals surface area contributed by atoms with Crippen LogP contribution < -0.4 is 5.73 Å². The van der Waals surface area contributed by atoms with Crippen molar-refractivity contribution < 1.29 is 4.79 Å². The number of likely N-dealkylation sites (tertiary alicyclic amines) is 1. The first-order valence-corrected chi connectivity index (χ1v) is 6.40. The second kappa shape index (κ2) is 5.40. The number of carbonyl (C=O) groups excluding carboxylic acids is 1. The minimum atomic E-state index is 0.00778. The molecule has 18 heavy (non-hydrogen) atoms. The lowest BCUT2D eigenvalue weighted by Gasteiger charge is -2.26. The fourth-order valence-corrected chi connectivity index (χ4v) is 2.51. The van der Waals surface area contributed by atoms with Crippen LogP contribution in [0, 0.1) is 0 Å². The van der Waals surface area contributed by atoms with Gasteiger partial charge in [0, 0.05) is 25.3 Å². The van der Waals surface area contributed by atoms with Crippen LogP contribution in [-0.4, -0.2) is 48.9 Å². The molecule has 1 aliphatic heterocycles. The SMILES string of the molecule is CN(CC1CCCN1C)C(=O)c1ccccc1N. The Labute approximate surface area is 108 Å². The van der Waals surface area contributed by atoms with Gasteiger partial charge in [0.1, 0.15) is 0 Å². The zero-order valence-electron chi connectivity index (χ0n) is 11.1. The van der Waals surface area contributed by atoms with Crippen molar-refractivity contribution in [1.29, 1.82) is 0 Å². The van der Waals surface area contributed by atoms with E-state index in [0.29, 0.717) is 17.3 Å². The molecule has 98 valence electrons. The summed E-state index contributed by atoms with van der Waals surface area (Å²) in [6.45, 7) is 1.89. The van der Waals surface area contributed by atoms with Crippen LogP contribution in [0.2, 0.25) is 0 Å². The fourth-order valence-electron chi connectivity index (χ4n) is 2.51. The van der Waals surface area contributed by atoms with E-state index in [0.717, 1.165) is 13.1 Å². The van der Waals surface area contributed by atoms with Crippen LogP contribution in [0.25, 0.3) is 0 Å². The largest absolute Gasteiger partial charge is 0.398 e. The Morgan fingerprint density at radius 1 is 1.50 bits per heavy atom. The van der Waals surface area contributed by atoms with Crippen LogP contribution in [0.4, 0.5) is 5.69 Å². The first kappa shape index (κ1) is 12.9. The average Bonchev–Trinajstić information content (AvgIpc) is 2.75. The molecule has 1 heterocycles. The van der Waals surface area contributed by atoms with Crippen LogP contribution >= 0.6 is 0 Å². The molecular weight excluding hydrogens is 226 g/mol. The molecule has 1 aromatic rings. The van der Waals surface area contributed by atoms with Crippen molar-refractivity contribution in [2.75, 3.05) is 32.9 Å². The van der Waals surface area contributed by atoms with E-state index < -0.39 is 0 Å². The number of amides is 1. The number of nitrogens with two attached hydrogens (primary N) is 1. The molecule has 0 spiro atoms. The number of nitrogen functional groups attached to an aromatic ring is 1. The summed E-state index contributed by atoms with van der Waals surface area (Å²) in [5, 5.41) is 0. The highest BCUT2D eigenvalue weighted by Gasteiger charge is 2.24. The number of nitrogens with zero attached hydrogens (tertiary/aromatic N) is 2. The molecule has 1 aliphatic rings. The molecule has 2 N–H and O–H groups in total. The quantitative estimate of drug-likeness (QED) is 0.822. The van der Waals surface area contributed by atoms with Gasteiger partial charge in [-0.2, -0.15) is 0 Å². The van der Waals surface area contributed by atoms with Gasteiger partial charge in [0.15, 0.2) is 0 Å². The first-order chi connectivity index (χ1) is 8.59. The van der Waals surface area contributed by atoms with Crippen molar-refractivity contribution in [2.24, 2.45) is 0 Å². The van der Waals surface area contributed by atoms with E-state index in [1.807, 2.05) is 19.2 Å². The Morgan fingerprint density at radius 2 is 2.22 bits per heavy atom. The van der Waals surface area contributed by atoms with Crippen molar-refractivity contribution in [3.8, 4) is 0 Å². The van der Waals surface area contributed by atoms with E-state index in [9.17, 15) is 4.79 Å². The molecule has 0 saturated carbocycles. The minimum Gasteiger partial charge on any atom is -0.398 e. The van der Waals surface area contributed by atoms with Gasteiger partial charge in [-0.05, 0) is 38.6 Å². The number of anilines is 1. The summed E-state index contributed by atoms with van der Waals surface area (Å²) in [7, 11) is 3.97. The van der Waals surface area contributed by atoms with Gasteiger partial charge in [0.25, 0.3) is 5.91 Å². The molecule has 1 atom stereocenters. The Hall–Kier alpha value is -1.55. The summed E-state index contributed by atoms with van der Waals surface area (Å²) >= 11 is 0. The number of benzene rings is 1. The van der Waals surface area contributed by atoms with Crippen LogP contribution in [0.3, 0.4) is 0 Å². The molecule has 1 saturated heterocycles. The molecule has 0 aliphatic carbocycles. The van der Waals surface area contributed by atoms with Gasteiger partial charge in [0.2, 0.25) is 0 Å². The van der Waals surface area contributed by atoms with Crippen molar-refractivity contribution in [3.63, 3.8) is 0 Å². The predicted octanol–water partition coefficient (Wildman–Crippen LogP) is 1.43. The van der Waals surface area contributed by atoms with E-state index >= 15 is 0 Å². The first-order valence-electron chi connectivity index (χ1n) is 6.40. The highest BCUT2D eigenvalue weighted by Crippen LogP contribution is 2.18. The maximum atomic E-state index is 12.3. The summed E-state index contributed by atoms with van der Waals surface area (Å²) in [5.74, 6) is 0.00778. The molecule has 2 rings (SSSR count). The van der Waals surface area contributed by atoms with Crippen molar-refractivity contribution in [1.82, 2.24) is 9.80 Å². The van der Waals surface area contributed by atoms with Crippen molar-refractivity contribution in [2.45, 2.75) is 18.9 Å². The molecule has 4 nitrogen and oxygen atoms in total. The lowest BCUT2D eigenvalue weighted by molar-refractivity contribution is 0.0762. The van der Waals surface area contributed by atoms with Crippen LogP contribution in [0.1, 0.15) is 23.2 Å². The smallest absolute Gasteiger partial charge is 0.255 e. The molecule has 1 fully saturated rings. The topological polar surface area (TPSA) is 49.6 Å². The van der Waals surface area contributed by atoms with E-state index in [2.05, 4.69) is 11.9 Å². The van der Waals surface area contributed by atoms with Crippen LogP contribution in [0.15, 0.2) is 24.3 Å². The summed E-state index contributed by atoms with van der Waals surface area (Å²) < 4.78 is 0. The molecule has 1 aromatic carbocycles. The number of hydrogen-bond donors (Lipinski definition) is 1. The van der Waals surface area contributed by atoms with Gasteiger partial charge in [0.05, 0.1) is 5.56 Å².